The summed E-state index contributed by atoms with van der Waals surface area (Å²) >= 11 is 0. The molecule has 2 fully saturated rings. The summed E-state index contributed by atoms with van der Waals surface area (Å²) in [5.74, 6) is -2.01. The minimum Gasteiger partial charge on any atom is -0.479 e. The molecule has 8 atom stereocenters. The molecule has 15 nitrogen and oxygen atoms in total. The fourth-order valence-corrected chi connectivity index (χ4v) is 3.99. The molecule has 0 aromatic heterocycles. The Morgan fingerprint density at radius 3 is 2.21 bits per heavy atom. The monoisotopic (exact) mass is 517 g/mol. The Bertz CT molecular complexity index is 831. The van der Waals surface area contributed by atoms with Gasteiger partial charge >= 0.3 is 16.4 Å². The van der Waals surface area contributed by atoms with Crippen LogP contribution >= 0.6 is 0 Å². The summed E-state index contributed by atoms with van der Waals surface area (Å²) in [7, 11) is -4.98. The molecule has 1 heterocycles. The Labute approximate surface area is 195 Å². The number of nitrogens with one attached hydrogen (secondary N) is 1. The molecule has 8 unspecified atom stereocenters. The van der Waals surface area contributed by atoms with Gasteiger partial charge in [-0.05, 0) is 32.6 Å². The number of carbonyl (C=O) groups excluding carboxylic acids is 1. The van der Waals surface area contributed by atoms with Crippen molar-refractivity contribution in [2.75, 3.05) is 6.61 Å². The Hall–Kier alpha value is -1.47. The molecule has 34 heavy (non-hydrogen) atoms. The van der Waals surface area contributed by atoms with E-state index in [4.69, 9.17) is 23.9 Å². The van der Waals surface area contributed by atoms with Crippen LogP contribution in [0.4, 0.5) is 0 Å². The van der Waals surface area contributed by atoms with Crippen LogP contribution in [-0.2, 0) is 38.4 Å². The summed E-state index contributed by atoms with van der Waals surface area (Å²) in [4.78, 5) is 22.9. The molecule has 0 radical (unpaired) electrons. The first-order chi connectivity index (χ1) is 15.5. The van der Waals surface area contributed by atoms with Gasteiger partial charge in [0.05, 0.1) is 18.2 Å². The van der Waals surface area contributed by atoms with Gasteiger partial charge in [0.1, 0.15) is 24.4 Å². The van der Waals surface area contributed by atoms with Crippen molar-refractivity contribution in [2.24, 2.45) is 5.92 Å². The van der Waals surface area contributed by atoms with E-state index in [-0.39, 0.29) is 11.8 Å². The first-order valence-electron chi connectivity index (χ1n) is 10.4. The van der Waals surface area contributed by atoms with Crippen LogP contribution in [0.15, 0.2) is 0 Å². The Balaban J connectivity index is 2.21. The number of amides is 1. The molecule has 0 aromatic carbocycles. The van der Waals surface area contributed by atoms with Crippen molar-refractivity contribution in [1.82, 2.24) is 5.32 Å². The van der Waals surface area contributed by atoms with E-state index in [1.54, 1.807) is 13.8 Å². The molecule has 1 aliphatic carbocycles. The van der Waals surface area contributed by atoms with Crippen molar-refractivity contribution in [3.63, 3.8) is 0 Å². The Morgan fingerprint density at radius 2 is 1.74 bits per heavy atom. The Morgan fingerprint density at radius 1 is 1.15 bits per heavy atom. The lowest BCUT2D eigenvalue weighted by molar-refractivity contribution is -0.343. The first-order valence-corrected chi connectivity index (χ1v) is 11.7. The molecule has 1 saturated carbocycles. The number of aliphatic hydroxyl groups excluding tert-OH is 4. The van der Waals surface area contributed by atoms with Crippen LogP contribution < -0.4 is 5.32 Å². The highest BCUT2D eigenvalue weighted by Crippen LogP contribution is 2.39. The zero-order valence-electron chi connectivity index (χ0n) is 18.7. The maximum atomic E-state index is 11.6. The van der Waals surface area contributed by atoms with Gasteiger partial charge in [-0.2, -0.15) is 8.42 Å². The van der Waals surface area contributed by atoms with Gasteiger partial charge in [0, 0.05) is 6.92 Å². The molecule has 1 aliphatic heterocycles. The minimum atomic E-state index is -4.98. The lowest BCUT2D eigenvalue weighted by Gasteiger charge is -2.42. The highest BCUT2D eigenvalue weighted by Gasteiger charge is 2.49. The van der Waals surface area contributed by atoms with Crippen LogP contribution in [0, 0.1) is 5.92 Å². The van der Waals surface area contributed by atoms with Crippen LogP contribution in [0.3, 0.4) is 0 Å². The van der Waals surface area contributed by atoms with Gasteiger partial charge in [0.15, 0.2) is 18.7 Å². The van der Waals surface area contributed by atoms with Crippen molar-refractivity contribution < 1.29 is 66.5 Å². The van der Waals surface area contributed by atoms with E-state index in [1.807, 2.05) is 0 Å². The van der Waals surface area contributed by atoms with Crippen molar-refractivity contribution in [1.29, 1.82) is 0 Å². The SMILES string of the molecule is CC(=O)NC(C1CC1)C(C)(C)OC(COS(=O)(=O)O)C(O)OC1OC(C(=O)O)C(O)C(O)C1O. The highest BCUT2D eigenvalue weighted by atomic mass is 32.3. The molecule has 0 aromatic rings. The summed E-state index contributed by atoms with van der Waals surface area (Å²) in [5, 5.41) is 52.1. The second kappa shape index (κ2) is 11.1. The third kappa shape index (κ3) is 7.77. The molecule has 1 saturated heterocycles. The second-order valence-electron chi connectivity index (χ2n) is 8.75. The molecule has 2 aliphatic rings. The molecule has 0 spiro atoms. The number of ether oxygens (including phenoxy) is 3. The van der Waals surface area contributed by atoms with Crippen molar-refractivity contribution in [3.8, 4) is 0 Å². The Kier molecular flexibility index (Phi) is 9.36. The fourth-order valence-electron chi connectivity index (χ4n) is 3.69. The second-order valence-corrected chi connectivity index (χ2v) is 9.84. The summed E-state index contributed by atoms with van der Waals surface area (Å²) in [6.07, 6.45) is -12.3. The van der Waals surface area contributed by atoms with Crippen LogP contribution in [-0.4, -0.2) is 112 Å². The van der Waals surface area contributed by atoms with E-state index < -0.39 is 77.7 Å². The average molecular weight is 518 g/mol. The van der Waals surface area contributed by atoms with Gasteiger partial charge in [0.25, 0.3) is 0 Å². The van der Waals surface area contributed by atoms with Crippen LogP contribution in [0.25, 0.3) is 0 Å². The van der Waals surface area contributed by atoms with Gasteiger partial charge in [-0.1, -0.05) is 0 Å². The number of hydrogen-bond acceptors (Lipinski definition) is 12. The van der Waals surface area contributed by atoms with Crippen LogP contribution in [0.1, 0.15) is 33.6 Å². The third-order valence-corrected chi connectivity index (χ3v) is 5.88. The van der Waals surface area contributed by atoms with Crippen LogP contribution in [0.2, 0.25) is 0 Å². The van der Waals surface area contributed by atoms with Crippen LogP contribution in [0.5, 0.6) is 0 Å². The molecular weight excluding hydrogens is 486 g/mol. The third-order valence-electron chi connectivity index (χ3n) is 5.44. The average Bonchev–Trinajstić information content (AvgIpc) is 3.53. The fraction of sp³-hybridized carbons (Fsp3) is 0.889. The zero-order chi connectivity index (χ0) is 26.0. The van der Waals surface area contributed by atoms with E-state index in [0.717, 1.165) is 12.8 Å². The van der Waals surface area contributed by atoms with Gasteiger partial charge in [-0.3, -0.25) is 9.35 Å². The largest absolute Gasteiger partial charge is 0.479 e. The van der Waals surface area contributed by atoms with Gasteiger partial charge in [-0.25, -0.2) is 8.98 Å². The zero-order valence-corrected chi connectivity index (χ0v) is 19.5. The summed E-state index contributed by atoms with van der Waals surface area (Å²) in [5.41, 5.74) is -1.24. The summed E-state index contributed by atoms with van der Waals surface area (Å²) in [6, 6.07) is -0.560. The molecule has 1 amide bonds. The molecule has 2 rings (SSSR count). The topological polar surface area (TPSA) is 239 Å². The maximum Gasteiger partial charge on any atom is 0.397 e. The smallest absolute Gasteiger partial charge is 0.397 e. The number of carboxylic acids is 1. The summed E-state index contributed by atoms with van der Waals surface area (Å²) in [6.45, 7) is 3.40. The molecule has 16 heteroatoms. The molecule has 198 valence electrons. The van der Waals surface area contributed by atoms with E-state index in [1.165, 1.54) is 6.92 Å². The van der Waals surface area contributed by atoms with Crippen molar-refractivity contribution in [2.45, 2.75) is 88.4 Å². The van der Waals surface area contributed by atoms with Gasteiger partial charge in [-0.15, -0.1) is 0 Å². The minimum absolute atomic E-state index is 0.0385. The predicted octanol–water partition coefficient (Wildman–Crippen LogP) is -2.89. The van der Waals surface area contributed by atoms with Gasteiger partial charge in [0.2, 0.25) is 5.91 Å². The molecular formula is C18H31NO14S. The number of carbonyl (C=O) groups is 2. The first kappa shape index (κ1) is 28.8. The van der Waals surface area contributed by atoms with E-state index in [2.05, 4.69) is 9.50 Å². The van der Waals surface area contributed by atoms with E-state index >= 15 is 0 Å². The van der Waals surface area contributed by atoms with E-state index in [9.17, 15) is 38.4 Å². The quantitative estimate of drug-likeness (QED) is 0.102. The normalized spacial score (nSPS) is 30.9. The molecule has 7 N–H and O–H groups in total. The number of rotatable bonds is 12. The predicted molar refractivity (Wildman–Crippen MR) is 108 cm³/mol. The van der Waals surface area contributed by atoms with Crippen molar-refractivity contribution in [3.05, 3.63) is 0 Å². The van der Waals surface area contributed by atoms with Gasteiger partial charge < -0.3 is 45.1 Å². The summed E-state index contributed by atoms with van der Waals surface area (Å²) < 4.78 is 51.2. The maximum absolute atomic E-state index is 11.6. The van der Waals surface area contributed by atoms with E-state index in [0.29, 0.717) is 0 Å². The van der Waals surface area contributed by atoms with Crippen molar-refractivity contribution >= 4 is 22.3 Å². The lowest BCUT2D eigenvalue weighted by atomic mass is 9.93. The number of carboxylic acid groups (broad SMARTS) is 1. The lowest BCUT2D eigenvalue weighted by Crippen LogP contribution is -2.61. The highest BCUT2D eigenvalue weighted by molar-refractivity contribution is 7.80. The number of aliphatic carboxylic acids is 1. The number of hydrogen-bond donors (Lipinski definition) is 7. The number of aliphatic hydroxyl groups is 4. The molecule has 0 bridgehead atoms. The standard InChI is InChI=1S/C18H31NO14S/c1-7(20)19-14(8-4-5-8)18(2,3)33-9(6-30-34(27,28)29)16(26)32-17-12(23)10(21)11(22)13(31-17)15(24)25/h8-14,16-17,21-23,26H,4-6H2,1-3H3,(H,19,20)(H,24,25)(H,27,28,29).